The van der Waals surface area contributed by atoms with Gasteiger partial charge in [0, 0.05) is 29.6 Å². The Morgan fingerprint density at radius 1 is 1.23 bits per heavy atom. The monoisotopic (exact) mass is 344 g/mol. The van der Waals surface area contributed by atoms with E-state index >= 15 is 0 Å². The lowest BCUT2D eigenvalue weighted by molar-refractivity contribution is 0.0999. The fraction of sp³-hybridized carbons (Fsp3) is 0.100. The van der Waals surface area contributed by atoms with Gasteiger partial charge in [-0.25, -0.2) is 0 Å². The normalized spacial score (nSPS) is 10.2. The number of pyridine rings is 2. The van der Waals surface area contributed by atoms with Gasteiger partial charge in [0.15, 0.2) is 0 Å². The molecule has 2 heterocycles. The van der Waals surface area contributed by atoms with E-state index in [1.165, 1.54) is 6.20 Å². The number of carbonyl (C=O) groups excluding carboxylic acids is 1. The molecule has 0 radical (unpaired) electrons. The molecule has 0 aliphatic rings. The maximum atomic E-state index is 11.4. The highest BCUT2D eigenvalue weighted by atomic mass is 16.5. The molecule has 0 bridgehead atoms. The first-order chi connectivity index (χ1) is 12.6. The molecule has 0 atom stereocenters. The van der Waals surface area contributed by atoms with Gasteiger partial charge in [-0.1, -0.05) is 6.07 Å². The Hall–Kier alpha value is -3.72. The van der Waals surface area contributed by atoms with E-state index in [0.29, 0.717) is 23.5 Å². The van der Waals surface area contributed by atoms with Crippen molar-refractivity contribution in [1.82, 2.24) is 9.97 Å². The molecule has 3 rings (SSSR count). The first kappa shape index (κ1) is 17.1. The number of carbonyl (C=O) groups is 1. The van der Waals surface area contributed by atoms with Crippen molar-refractivity contribution in [3.8, 4) is 23.1 Å². The van der Waals surface area contributed by atoms with Crippen molar-refractivity contribution in [3.05, 3.63) is 77.2 Å². The van der Waals surface area contributed by atoms with Crippen LogP contribution in [0.2, 0.25) is 0 Å². The molecule has 0 aliphatic heterocycles. The Bertz CT molecular complexity index is 1010. The lowest BCUT2D eigenvalue weighted by Crippen LogP contribution is -2.12. The van der Waals surface area contributed by atoms with Gasteiger partial charge < -0.3 is 10.5 Å². The molecule has 6 heteroatoms. The first-order valence-corrected chi connectivity index (χ1v) is 7.90. The molecule has 0 saturated carbocycles. The minimum Gasteiger partial charge on any atom is -0.487 e. The lowest BCUT2D eigenvalue weighted by Gasteiger charge is -2.09. The van der Waals surface area contributed by atoms with E-state index in [2.05, 4.69) is 9.97 Å². The van der Waals surface area contributed by atoms with Gasteiger partial charge in [-0.3, -0.25) is 14.8 Å². The number of aromatic nitrogens is 2. The smallest absolute Gasteiger partial charge is 0.248 e. The standard InChI is InChI=1S/C20H16N4O2/c1-13-6-16(2-3-18(13)20(22)25)19-8-14(4-5-24-19)12-26-17-7-15(9-21)10-23-11-17/h2-8,10-11H,12H2,1H3,(H2,22,25). The van der Waals surface area contributed by atoms with Crippen molar-refractivity contribution in [1.29, 1.82) is 5.26 Å². The number of hydrogen-bond donors (Lipinski definition) is 1. The number of amides is 1. The zero-order chi connectivity index (χ0) is 18.5. The molecule has 0 unspecified atom stereocenters. The quantitative estimate of drug-likeness (QED) is 0.766. The van der Waals surface area contributed by atoms with Crippen LogP contribution in [-0.2, 0) is 6.61 Å². The van der Waals surface area contributed by atoms with E-state index in [1.807, 2.05) is 37.3 Å². The van der Waals surface area contributed by atoms with Gasteiger partial charge in [0.1, 0.15) is 18.4 Å². The Morgan fingerprint density at radius 2 is 2.08 bits per heavy atom. The predicted octanol–water partition coefficient (Wildman–Crippen LogP) is 3.00. The lowest BCUT2D eigenvalue weighted by atomic mass is 10.0. The number of aryl methyl sites for hydroxylation is 1. The van der Waals surface area contributed by atoms with Crippen molar-refractivity contribution in [3.63, 3.8) is 0 Å². The molecule has 1 aromatic carbocycles. The molecule has 26 heavy (non-hydrogen) atoms. The number of nitriles is 1. The second kappa shape index (κ2) is 7.45. The maximum Gasteiger partial charge on any atom is 0.248 e. The van der Waals surface area contributed by atoms with E-state index in [4.69, 9.17) is 15.7 Å². The first-order valence-electron chi connectivity index (χ1n) is 7.90. The summed E-state index contributed by atoms with van der Waals surface area (Å²) >= 11 is 0. The summed E-state index contributed by atoms with van der Waals surface area (Å²) in [6.45, 7) is 2.16. The highest BCUT2D eigenvalue weighted by molar-refractivity contribution is 5.94. The Labute approximate surface area is 150 Å². The predicted molar refractivity (Wildman–Crippen MR) is 96.2 cm³/mol. The van der Waals surface area contributed by atoms with Crippen LogP contribution < -0.4 is 10.5 Å². The van der Waals surface area contributed by atoms with Crippen LogP contribution in [-0.4, -0.2) is 15.9 Å². The van der Waals surface area contributed by atoms with Crippen molar-refractivity contribution in [2.45, 2.75) is 13.5 Å². The van der Waals surface area contributed by atoms with Crippen LogP contribution in [0.15, 0.2) is 55.0 Å². The second-order valence-corrected chi connectivity index (χ2v) is 5.75. The number of primary amides is 1. The van der Waals surface area contributed by atoms with Gasteiger partial charge in [-0.2, -0.15) is 5.26 Å². The summed E-state index contributed by atoms with van der Waals surface area (Å²) in [5, 5.41) is 8.90. The summed E-state index contributed by atoms with van der Waals surface area (Å²) in [6, 6.07) is 12.8. The molecular formula is C20H16N4O2. The molecule has 3 aromatic rings. The second-order valence-electron chi connectivity index (χ2n) is 5.75. The number of benzene rings is 1. The van der Waals surface area contributed by atoms with Gasteiger partial charge in [0.25, 0.3) is 0 Å². The molecule has 0 spiro atoms. The van der Waals surface area contributed by atoms with Crippen LogP contribution in [0.4, 0.5) is 0 Å². The topological polar surface area (TPSA) is 102 Å². The molecule has 0 aliphatic carbocycles. The fourth-order valence-corrected chi connectivity index (χ4v) is 2.55. The summed E-state index contributed by atoms with van der Waals surface area (Å²) in [7, 11) is 0. The van der Waals surface area contributed by atoms with Crippen molar-refractivity contribution in [2.75, 3.05) is 0 Å². The Morgan fingerprint density at radius 3 is 2.81 bits per heavy atom. The molecule has 6 nitrogen and oxygen atoms in total. The number of nitrogens with zero attached hydrogens (tertiary/aromatic N) is 3. The zero-order valence-electron chi connectivity index (χ0n) is 14.1. The molecular weight excluding hydrogens is 328 g/mol. The van der Waals surface area contributed by atoms with Crippen LogP contribution in [0, 0.1) is 18.3 Å². The van der Waals surface area contributed by atoms with Crippen LogP contribution in [0.1, 0.15) is 27.0 Å². The summed E-state index contributed by atoms with van der Waals surface area (Å²) < 4.78 is 5.70. The molecule has 2 N–H and O–H groups in total. The third kappa shape index (κ3) is 3.84. The molecule has 2 aromatic heterocycles. The molecule has 1 amide bonds. The van der Waals surface area contributed by atoms with Crippen LogP contribution in [0.3, 0.4) is 0 Å². The number of hydrogen-bond acceptors (Lipinski definition) is 5. The van der Waals surface area contributed by atoms with E-state index in [1.54, 1.807) is 24.5 Å². The van der Waals surface area contributed by atoms with Crippen molar-refractivity contribution >= 4 is 5.91 Å². The SMILES string of the molecule is Cc1cc(-c2cc(COc3cncc(C#N)c3)ccn2)ccc1C(N)=O. The minimum atomic E-state index is -0.447. The van der Waals surface area contributed by atoms with Crippen LogP contribution in [0.25, 0.3) is 11.3 Å². The van der Waals surface area contributed by atoms with Gasteiger partial charge in [-0.05, 0) is 42.3 Å². The Kier molecular flexibility index (Phi) is 4.90. The summed E-state index contributed by atoms with van der Waals surface area (Å²) in [5.41, 5.74) is 9.68. The molecule has 128 valence electrons. The molecule has 0 fully saturated rings. The minimum absolute atomic E-state index is 0.324. The third-order valence-electron chi connectivity index (χ3n) is 3.86. The number of nitrogens with two attached hydrogens (primary N) is 1. The van der Waals surface area contributed by atoms with E-state index < -0.39 is 5.91 Å². The van der Waals surface area contributed by atoms with Crippen LogP contribution in [0.5, 0.6) is 5.75 Å². The molecule has 0 saturated heterocycles. The highest BCUT2D eigenvalue weighted by Gasteiger charge is 2.08. The number of ether oxygens (including phenoxy) is 1. The van der Waals surface area contributed by atoms with E-state index in [9.17, 15) is 4.79 Å². The summed E-state index contributed by atoms with van der Waals surface area (Å²) in [6.07, 6.45) is 4.75. The average molecular weight is 344 g/mol. The summed E-state index contributed by atoms with van der Waals surface area (Å²) in [4.78, 5) is 19.7. The fourth-order valence-electron chi connectivity index (χ4n) is 2.55. The van der Waals surface area contributed by atoms with Gasteiger partial charge in [0.05, 0.1) is 17.5 Å². The van der Waals surface area contributed by atoms with Crippen molar-refractivity contribution in [2.24, 2.45) is 5.73 Å². The largest absolute Gasteiger partial charge is 0.487 e. The van der Waals surface area contributed by atoms with Crippen molar-refractivity contribution < 1.29 is 9.53 Å². The van der Waals surface area contributed by atoms with Gasteiger partial charge in [-0.15, -0.1) is 0 Å². The van der Waals surface area contributed by atoms with E-state index in [-0.39, 0.29) is 0 Å². The third-order valence-corrected chi connectivity index (χ3v) is 3.86. The van der Waals surface area contributed by atoms with E-state index in [0.717, 1.165) is 22.4 Å². The summed E-state index contributed by atoms with van der Waals surface area (Å²) in [5.74, 6) is 0.0847. The van der Waals surface area contributed by atoms with Gasteiger partial charge in [0.2, 0.25) is 5.91 Å². The Balaban J connectivity index is 1.79. The highest BCUT2D eigenvalue weighted by Crippen LogP contribution is 2.22. The number of rotatable bonds is 5. The maximum absolute atomic E-state index is 11.4. The average Bonchev–Trinajstić information content (AvgIpc) is 2.66. The zero-order valence-corrected chi connectivity index (χ0v) is 14.1. The van der Waals surface area contributed by atoms with Gasteiger partial charge >= 0.3 is 0 Å². The van der Waals surface area contributed by atoms with Crippen LogP contribution >= 0.6 is 0 Å².